The number of aliphatic carboxylic acids is 1. The smallest absolute Gasteiger partial charge is 1.00 e. The van der Waals surface area contributed by atoms with E-state index in [1.54, 1.807) is 24.3 Å². The Hall–Kier alpha value is -0.700. The molecule has 2 rings (SSSR count). The molecule has 0 aliphatic heterocycles. The van der Waals surface area contributed by atoms with Crippen LogP contribution in [0.15, 0.2) is 48.5 Å². The largest absolute Gasteiger partial charge is 1.00 e. The summed E-state index contributed by atoms with van der Waals surface area (Å²) in [6, 6.07) is 14.6. The minimum absolute atomic E-state index is 0. The third-order valence-corrected chi connectivity index (χ3v) is 5.15. The zero-order chi connectivity index (χ0) is 13.7. The predicted octanol–water partition coefficient (Wildman–Crippen LogP) is -3.82. The van der Waals surface area contributed by atoms with Crippen LogP contribution < -0.4 is 46.6 Å². The summed E-state index contributed by atoms with van der Waals surface area (Å²) in [5.41, 5.74) is 0. The first kappa shape index (κ1) is 17.4. The maximum atomic E-state index is 10.3. The third kappa shape index (κ3) is 5.74. The molecule has 0 saturated heterocycles. The molecule has 6 heteroatoms. The quantitative estimate of drug-likeness (QED) is 0.529. The van der Waals surface area contributed by atoms with E-state index in [1.807, 2.05) is 24.3 Å². The van der Waals surface area contributed by atoms with Crippen LogP contribution in [0.4, 0.5) is 0 Å². The molecule has 0 aliphatic rings. The Balaban J connectivity index is 0.00000200. The van der Waals surface area contributed by atoms with Gasteiger partial charge in [-0.05, 0) is 0 Å². The summed E-state index contributed by atoms with van der Waals surface area (Å²) in [6.07, 6.45) is 0. The Morgan fingerprint density at radius 3 is 2.05 bits per heavy atom. The fraction of sp³-hybridized carbons (Fsp3) is 0.0714. The molecule has 0 aliphatic carbocycles. The van der Waals surface area contributed by atoms with Crippen LogP contribution in [0.1, 0.15) is 0 Å². The van der Waals surface area contributed by atoms with Crippen molar-refractivity contribution in [3.05, 3.63) is 48.5 Å². The van der Waals surface area contributed by atoms with Gasteiger partial charge in [-0.3, -0.25) is 0 Å². The molecule has 0 heterocycles. The van der Waals surface area contributed by atoms with Crippen molar-refractivity contribution in [1.82, 2.24) is 0 Å². The number of hydrogen-bond acceptors (Lipinski definition) is 4. The Morgan fingerprint density at radius 1 is 1.05 bits per heavy atom. The van der Waals surface area contributed by atoms with Crippen LogP contribution in [0.5, 0.6) is 11.5 Å². The van der Waals surface area contributed by atoms with Crippen molar-refractivity contribution >= 4 is 34.1 Å². The van der Waals surface area contributed by atoms with E-state index < -0.39 is 33.5 Å². The number of aromatic hydroxyl groups is 1. The monoisotopic (exact) mass is 396 g/mol. The molecule has 1 N–H and O–H groups in total. The number of ether oxygens (including phenoxy) is 1. The van der Waals surface area contributed by atoms with Crippen LogP contribution in [0.25, 0.3) is 0 Å². The summed E-state index contributed by atoms with van der Waals surface area (Å²) in [6.45, 7) is -0.437. The average molecular weight is 394 g/mol. The Morgan fingerprint density at radius 2 is 1.55 bits per heavy atom. The Bertz CT molecular complexity index is 554. The van der Waals surface area contributed by atoms with E-state index in [9.17, 15) is 15.0 Å². The van der Waals surface area contributed by atoms with Crippen molar-refractivity contribution in [2.75, 3.05) is 6.61 Å². The van der Waals surface area contributed by atoms with Gasteiger partial charge in [0.1, 0.15) is 0 Å². The van der Waals surface area contributed by atoms with Gasteiger partial charge in [0.15, 0.2) is 0 Å². The van der Waals surface area contributed by atoms with Gasteiger partial charge in [0.05, 0.1) is 0 Å². The summed E-state index contributed by atoms with van der Waals surface area (Å²) in [5.74, 6) is -0.449. The zero-order valence-electron chi connectivity index (χ0n) is 10.9. The van der Waals surface area contributed by atoms with Gasteiger partial charge in [0, 0.05) is 0 Å². The standard InChI is InChI=1S/C14H12O4Te.Na/c15-10-1-5-12(6-2-10)19-13-7-3-11(4-8-13)18-9-14(16)17;/h1-8,15H,9H2,(H,16,17);/q;+1/p-1. The number of carboxylic acid groups (broad SMARTS) is 1. The summed E-state index contributed by atoms with van der Waals surface area (Å²) in [5, 5.41) is 19.5. The molecule has 98 valence electrons. The molecular formula is C14H11NaO4Te. The molecule has 2 aromatic carbocycles. The SMILES string of the molecule is O=C([O-])COc1ccc([Te]c2ccc(O)cc2)cc1.[Na+]. The average Bonchev–Trinajstić information content (AvgIpc) is 2.40. The fourth-order valence-corrected chi connectivity index (χ4v) is 3.73. The van der Waals surface area contributed by atoms with Crippen LogP contribution >= 0.6 is 0 Å². The first-order valence-corrected chi connectivity index (χ1v) is 7.86. The van der Waals surface area contributed by atoms with Crippen LogP contribution in [0.3, 0.4) is 0 Å². The molecule has 2 aromatic rings. The summed E-state index contributed by atoms with van der Waals surface area (Å²) < 4.78 is 7.43. The van der Waals surface area contributed by atoms with Gasteiger partial charge >= 0.3 is 150 Å². The second-order valence-electron chi connectivity index (χ2n) is 3.73. The van der Waals surface area contributed by atoms with Gasteiger partial charge in [-0.2, -0.15) is 0 Å². The summed E-state index contributed by atoms with van der Waals surface area (Å²) in [4.78, 5) is 10.3. The number of carbonyl (C=O) groups is 1. The zero-order valence-corrected chi connectivity index (χ0v) is 15.2. The van der Waals surface area contributed by atoms with E-state index in [2.05, 4.69) is 0 Å². The molecule has 0 fully saturated rings. The molecule has 0 bridgehead atoms. The molecule has 0 amide bonds. The Kier molecular flexibility index (Phi) is 7.42. The minimum Gasteiger partial charge on any atom is 1.00 e. The molecule has 20 heavy (non-hydrogen) atoms. The van der Waals surface area contributed by atoms with Gasteiger partial charge in [-0.25, -0.2) is 0 Å². The predicted molar refractivity (Wildman–Crippen MR) is 70.1 cm³/mol. The summed E-state index contributed by atoms with van der Waals surface area (Å²) >= 11 is -0.506. The molecule has 0 unspecified atom stereocenters. The van der Waals surface area contributed by atoms with Crippen LogP contribution in [-0.2, 0) is 4.79 Å². The Labute approximate surface area is 149 Å². The van der Waals surface area contributed by atoms with E-state index in [-0.39, 0.29) is 35.3 Å². The second-order valence-corrected chi connectivity index (χ2v) is 7.00. The minimum atomic E-state index is -1.23. The van der Waals surface area contributed by atoms with Gasteiger partial charge in [-0.15, -0.1) is 0 Å². The van der Waals surface area contributed by atoms with Crippen molar-refractivity contribution in [1.29, 1.82) is 0 Å². The molecule has 0 aromatic heterocycles. The molecule has 0 saturated carbocycles. The first-order valence-electron chi connectivity index (χ1n) is 5.53. The molecule has 4 nitrogen and oxygen atoms in total. The van der Waals surface area contributed by atoms with Crippen molar-refractivity contribution in [3.8, 4) is 11.5 Å². The van der Waals surface area contributed by atoms with E-state index in [4.69, 9.17) is 4.74 Å². The van der Waals surface area contributed by atoms with E-state index in [1.165, 1.54) is 7.22 Å². The van der Waals surface area contributed by atoms with Crippen LogP contribution in [0, 0.1) is 0 Å². The van der Waals surface area contributed by atoms with Crippen molar-refractivity contribution in [3.63, 3.8) is 0 Å². The van der Waals surface area contributed by atoms with Crippen molar-refractivity contribution in [2.45, 2.75) is 0 Å². The van der Waals surface area contributed by atoms with Crippen LogP contribution in [-0.4, -0.2) is 38.6 Å². The topological polar surface area (TPSA) is 69.6 Å². The first-order chi connectivity index (χ1) is 9.13. The van der Waals surface area contributed by atoms with Gasteiger partial charge in [0.2, 0.25) is 0 Å². The number of benzene rings is 2. The second kappa shape index (κ2) is 8.56. The molecular weight excluding hydrogens is 383 g/mol. The number of hydrogen-bond donors (Lipinski definition) is 1. The number of phenolic OH excluding ortho intramolecular Hbond substituents is 1. The fourth-order valence-electron chi connectivity index (χ4n) is 1.40. The molecule has 0 atom stereocenters. The molecule has 0 radical (unpaired) electrons. The maximum absolute atomic E-state index is 10.3. The van der Waals surface area contributed by atoms with E-state index in [0.29, 0.717) is 5.75 Å². The number of carbonyl (C=O) groups excluding carboxylic acids is 1. The normalized spacial score (nSPS) is 9.60. The van der Waals surface area contributed by atoms with E-state index >= 15 is 0 Å². The third-order valence-electron chi connectivity index (χ3n) is 2.25. The van der Waals surface area contributed by atoms with Gasteiger partial charge < -0.3 is 0 Å². The van der Waals surface area contributed by atoms with E-state index in [0.717, 1.165) is 0 Å². The molecule has 0 spiro atoms. The van der Waals surface area contributed by atoms with Gasteiger partial charge in [-0.1, -0.05) is 0 Å². The number of phenols is 1. The number of carboxylic acids is 1. The van der Waals surface area contributed by atoms with Crippen molar-refractivity contribution < 1.29 is 49.3 Å². The van der Waals surface area contributed by atoms with Crippen molar-refractivity contribution in [2.24, 2.45) is 0 Å². The van der Waals surface area contributed by atoms with Gasteiger partial charge in [0.25, 0.3) is 0 Å². The van der Waals surface area contributed by atoms with Crippen LogP contribution in [0.2, 0.25) is 0 Å². The summed E-state index contributed by atoms with van der Waals surface area (Å²) in [7, 11) is 0. The maximum Gasteiger partial charge on any atom is 1.00 e. The number of rotatable bonds is 5.